The second kappa shape index (κ2) is 9.74. The van der Waals surface area contributed by atoms with Crippen molar-refractivity contribution in [3.63, 3.8) is 0 Å². The summed E-state index contributed by atoms with van der Waals surface area (Å²) in [5.74, 6) is 0.0720. The molecule has 2 aromatic heterocycles. The monoisotopic (exact) mass is 457 g/mol. The summed E-state index contributed by atoms with van der Waals surface area (Å²) in [5.41, 5.74) is 5.79. The topological polar surface area (TPSA) is 79.9 Å². The van der Waals surface area contributed by atoms with Gasteiger partial charge in [-0.2, -0.15) is 10.4 Å². The number of aromatic nitrogens is 2. The number of nitriles is 1. The minimum absolute atomic E-state index is 0.0720. The van der Waals surface area contributed by atoms with Gasteiger partial charge in [0.2, 0.25) is 5.91 Å². The number of carbonyl (C=O) groups excluding carboxylic acids is 1. The number of rotatable bonds is 5. The van der Waals surface area contributed by atoms with E-state index in [-0.39, 0.29) is 18.4 Å². The van der Waals surface area contributed by atoms with E-state index in [1.165, 1.54) is 11.3 Å². The molecule has 0 radical (unpaired) electrons. The molecule has 1 aromatic carbocycles. The molecule has 1 amide bonds. The molecule has 0 aliphatic carbocycles. The van der Waals surface area contributed by atoms with Crippen molar-refractivity contribution in [3.8, 4) is 17.2 Å². The Bertz CT molecular complexity index is 1190. The van der Waals surface area contributed by atoms with Crippen LogP contribution < -0.4 is 15.1 Å². The van der Waals surface area contributed by atoms with Gasteiger partial charge in [-0.25, -0.2) is 4.52 Å². The predicted molar refractivity (Wildman–Crippen MR) is 134 cm³/mol. The van der Waals surface area contributed by atoms with E-state index in [1.54, 1.807) is 0 Å². The van der Waals surface area contributed by atoms with Crippen molar-refractivity contribution in [1.29, 1.82) is 5.26 Å². The van der Waals surface area contributed by atoms with Crippen LogP contribution in [0.5, 0.6) is 0 Å². The Hall–Kier alpha value is -3.57. The average molecular weight is 458 g/mol. The van der Waals surface area contributed by atoms with E-state index >= 15 is 0 Å². The first-order valence-electron chi connectivity index (χ1n) is 12.1. The Morgan fingerprint density at radius 3 is 2.62 bits per heavy atom. The molecule has 2 aliphatic heterocycles. The molecule has 3 aromatic rings. The highest BCUT2D eigenvalue weighted by molar-refractivity contribution is 5.81. The lowest BCUT2D eigenvalue weighted by Gasteiger charge is -2.41. The molecule has 0 unspecified atom stereocenters. The van der Waals surface area contributed by atoms with Crippen molar-refractivity contribution in [3.05, 3.63) is 48.8 Å². The number of fused-ring (bicyclic) bond motifs is 1. The minimum atomic E-state index is 0.0720. The molecule has 1 N–H and O–H groups in total. The summed E-state index contributed by atoms with van der Waals surface area (Å²) in [6, 6.07) is 15.2. The molecule has 4 heterocycles. The number of carbonyl (C=O) groups is 1. The van der Waals surface area contributed by atoms with Gasteiger partial charge in [0.05, 0.1) is 17.3 Å². The van der Waals surface area contributed by atoms with E-state index in [0.717, 1.165) is 56.0 Å². The molecular formula is C26H31N7O. The highest BCUT2D eigenvalue weighted by atomic mass is 16.2. The zero-order valence-electron chi connectivity index (χ0n) is 19.7. The summed E-state index contributed by atoms with van der Waals surface area (Å²) in [7, 11) is 0. The van der Waals surface area contributed by atoms with Crippen LogP contribution in [-0.4, -0.2) is 72.3 Å². The maximum Gasteiger partial charge on any atom is 0.223 e. The highest BCUT2D eigenvalue weighted by Gasteiger charge is 2.28. The summed E-state index contributed by atoms with van der Waals surface area (Å²) >= 11 is 0. The SMILES string of the molecule is C[C@@H]1CN(c2ccnn3cc(-c4ccc(N5CCNCC5)cc4)cc23)CCN1C(=O)CCC#N. The lowest BCUT2D eigenvalue weighted by atomic mass is 10.1. The third-order valence-electron chi connectivity index (χ3n) is 6.91. The second-order valence-corrected chi connectivity index (χ2v) is 9.10. The van der Waals surface area contributed by atoms with Gasteiger partial charge in [0.15, 0.2) is 0 Å². The average Bonchev–Trinajstić information content (AvgIpc) is 3.32. The van der Waals surface area contributed by atoms with Gasteiger partial charge >= 0.3 is 0 Å². The number of benzene rings is 1. The van der Waals surface area contributed by atoms with Gasteiger partial charge in [-0.15, -0.1) is 0 Å². The zero-order valence-corrected chi connectivity index (χ0v) is 19.7. The molecule has 0 bridgehead atoms. The van der Waals surface area contributed by atoms with E-state index in [2.05, 4.69) is 75.8 Å². The molecule has 2 saturated heterocycles. The quantitative estimate of drug-likeness (QED) is 0.635. The standard InChI is InChI=1S/C26H31N7O/c1-20-18-31(15-16-32(20)26(34)3-2-9-27)24-8-10-29-33-19-22(17-25(24)33)21-4-6-23(7-5-21)30-13-11-28-12-14-30/h4-8,10,17,19-20,28H,2-3,11-16,18H2,1H3/t20-/m1/s1. The number of anilines is 2. The second-order valence-electron chi connectivity index (χ2n) is 9.10. The van der Waals surface area contributed by atoms with Crippen LogP contribution in [0.4, 0.5) is 11.4 Å². The Balaban J connectivity index is 1.34. The number of nitrogens with one attached hydrogen (secondary N) is 1. The zero-order chi connectivity index (χ0) is 23.5. The Kier molecular flexibility index (Phi) is 6.37. The molecule has 8 heteroatoms. The van der Waals surface area contributed by atoms with Crippen LogP contribution in [-0.2, 0) is 4.79 Å². The Morgan fingerprint density at radius 1 is 1.09 bits per heavy atom. The van der Waals surface area contributed by atoms with Crippen LogP contribution in [0.25, 0.3) is 16.6 Å². The van der Waals surface area contributed by atoms with Crippen LogP contribution in [0.15, 0.2) is 48.8 Å². The fourth-order valence-electron chi connectivity index (χ4n) is 5.07. The first kappa shape index (κ1) is 22.2. The predicted octanol–water partition coefficient (Wildman–Crippen LogP) is 2.75. The number of hydrogen-bond donors (Lipinski definition) is 1. The smallest absolute Gasteiger partial charge is 0.223 e. The van der Waals surface area contributed by atoms with Crippen molar-refractivity contribution < 1.29 is 4.79 Å². The van der Waals surface area contributed by atoms with Gasteiger partial charge in [-0.05, 0) is 36.8 Å². The summed E-state index contributed by atoms with van der Waals surface area (Å²) < 4.78 is 1.95. The van der Waals surface area contributed by atoms with Gasteiger partial charge in [0.1, 0.15) is 0 Å². The normalized spacial score (nSPS) is 18.8. The summed E-state index contributed by atoms with van der Waals surface area (Å²) in [5, 5.41) is 16.7. The number of hydrogen-bond acceptors (Lipinski definition) is 6. The summed E-state index contributed by atoms with van der Waals surface area (Å²) in [6.07, 6.45) is 4.51. The van der Waals surface area contributed by atoms with Crippen molar-refractivity contribution in [2.45, 2.75) is 25.8 Å². The number of nitrogens with zero attached hydrogens (tertiary/aromatic N) is 6. The fraction of sp³-hybridized carbons (Fsp3) is 0.423. The summed E-state index contributed by atoms with van der Waals surface area (Å²) in [4.78, 5) is 19.1. The van der Waals surface area contributed by atoms with Crippen molar-refractivity contribution in [1.82, 2.24) is 19.8 Å². The largest absolute Gasteiger partial charge is 0.369 e. The van der Waals surface area contributed by atoms with E-state index in [9.17, 15) is 4.79 Å². The molecule has 176 valence electrons. The van der Waals surface area contributed by atoms with Crippen molar-refractivity contribution in [2.75, 3.05) is 55.6 Å². The van der Waals surface area contributed by atoms with Crippen LogP contribution in [0.1, 0.15) is 19.8 Å². The van der Waals surface area contributed by atoms with Crippen LogP contribution in [0, 0.1) is 11.3 Å². The van der Waals surface area contributed by atoms with E-state index in [1.807, 2.05) is 15.6 Å². The van der Waals surface area contributed by atoms with Crippen LogP contribution >= 0.6 is 0 Å². The first-order valence-corrected chi connectivity index (χ1v) is 12.1. The van der Waals surface area contributed by atoms with Gasteiger partial charge < -0.3 is 20.0 Å². The maximum absolute atomic E-state index is 12.4. The van der Waals surface area contributed by atoms with E-state index in [4.69, 9.17) is 5.26 Å². The molecule has 8 nitrogen and oxygen atoms in total. The minimum Gasteiger partial charge on any atom is -0.369 e. The highest BCUT2D eigenvalue weighted by Crippen LogP contribution is 2.30. The molecule has 0 saturated carbocycles. The molecule has 2 aliphatic rings. The third-order valence-corrected chi connectivity index (χ3v) is 6.91. The van der Waals surface area contributed by atoms with Gasteiger partial charge in [0.25, 0.3) is 0 Å². The van der Waals surface area contributed by atoms with Crippen molar-refractivity contribution >= 4 is 22.8 Å². The van der Waals surface area contributed by atoms with Gasteiger partial charge in [-0.1, -0.05) is 12.1 Å². The molecule has 5 rings (SSSR count). The number of piperazine rings is 2. The van der Waals surface area contributed by atoms with Crippen LogP contribution in [0.2, 0.25) is 0 Å². The molecule has 34 heavy (non-hydrogen) atoms. The molecule has 2 fully saturated rings. The fourth-order valence-corrected chi connectivity index (χ4v) is 5.07. The van der Waals surface area contributed by atoms with Crippen molar-refractivity contribution in [2.24, 2.45) is 0 Å². The molecule has 0 spiro atoms. The van der Waals surface area contributed by atoms with Gasteiger partial charge in [0, 0.05) is 88.3 Å². The Labute approximate surface area is 200 Å². The maximum atomic E-state index is 12.4. The number of amides is 1. The lowest BCUT2D eigenvalue weighted by molar-refractivity contribution is -0.133. The third kappa shape index (κ3) is 4.44. The summed E-state index contributed by atoms with van der Waals surface area (Å²) in [6.45, 7) is 8.42. The Morgan fingerprint density at radius 2 is 1.88 bits per heavy atom. The van der Waals surface area contributed by atoms with Crippen LogP contribution in [0.3, 0.4) is 0 Å². The first-order chi connectivity index (χ1) is 16.6. The molecule has 1 atom stereocenters. The van der Waals surface area contributed by atoms with E-state index in [0.29, 0.717) is 13.0 Å². The van der Waals surface area contributed by atoms with Gasteiger partial charge in [-0.3, -0.25) is 4.79 Å². The van der Waals surface area contributed by atoms with E-state index < -0.39 is 0 Å². The molecular weight excluding hydrogens is 426 g/mol. The lowest BCUT2D eigenvalue weighted by Crippen LogP contribution is -2.54.